The van der Waals surface area contributed by atoms with Crippen LogP contribution in [-0.2, 0) is 4.79 Å². The third kappa shape index (κ3) is 1.54. The van der Waals surface area contributed by atoms with E-state index in [1.165, 1.54) is 0 Å². The number of carbonyl (C=O) groups excluding carboxylic acids is 1. The molecule has 15 heavy (non-hydrogen) atoms. The fraction of sp³-hybridized carbons (Fsp3) is 0.300. The summed E-state index contributed by atoms with van der Waals surface area (Å²) in [6.07, 6.45) is 0. The first-order valence-corrected chi connectivity index (χ1v) is 4.40. The molecule has 0 aromatic heterocycles. The van der Waals surface area contributed by atoms with Crippen molar-refractivity contribution in [2.24, 2.45) is 0 Å². The molecule has 80 valence electrons. The van der Waals surface area contributed by atoms with Gasteiger partial charge in [-0.1, -0.05) is 0 Å². The first-order valence-electron chi connectivity index (χ1n) is 4.40. The van der Waals surface area contributed by atoms with Crippen molar-refractivity contribution in [3.63, 3.8) is 0 Å². The van der Waals surface area contributed by atoms with E-state index in [0.717, 1.165) is 12.1 Å². The number of rotatable bonds is 0. The molecule has 0 atom stereocenters. The molecule has 0 saturated carbocycles. The lowest BCUT2D eigenvalue weighted by molar-refractivity contribution is -0.129. The van der Waals surface area contributed by atoms with Crippen LogP contribution in [-0.4, -0.2) is 11.5 Å². The number of hydrogen-bond donors (Lipinski definition) is 1. The molecule has 1 aliphatic heterocycles. The van der Waals surface area contributed by atoms with Crippen LogP contribution in [0.3, 0.4) is 0 Å². The molecule has 1 heterocycles. The van der Waals surface area contributed by atoms with Gasteiger partial charge in [-0.3, -0.25) is 4.79 Å². The molecule has 0 spiro atoms. The summed E-state index contributed by atoms with van der Waals surface area (Å²) in [6, 6.07) is 1.82. The van der Waals surface area contributed by atoms with E-state index >= 15 is 0 Å². The van der Waals surface area contributed by atoms with E-state index in [1.807, 2.05) is 0 Å². The second-order valence-corrected chi connectivity index (χ2v) is 3.83. The van der Waals surface area contributed by atoms with Gasteiger partial charge in [-0.15, -0.1) is 0 Å². The number of fused-ring (bicyclic) bond motifs is 1. The van der Waals surface area contributed by atoms with Crippen LogP contribution in [0.15, 0.2) is 12.1 Å². The van der Waals surface area contributed by atoms with Crippen molar-refractivity contribution < 1.29 is 18.3 Å². The molecule has 1 aromatic carbocycles. The summed E-state index contributed by atoms with van der Waals surface area (Å²) in [7, 11) is 0. The Morgan fingerprint density at radius 3 is 2.53 bits per heavy atom. The highest BCUT2D eigenvalue weighted by molar-refractivity contribution is 6.00. The van der Waals surface area contributed by atoms with Crippen LogP contribution >= 0.6 is 0 Å². The quantitative estimate of drug-likeness (QED) is 0.716. The number of carbonyl (C=O) groups is 1. The maximum Gasteiger partial charge on any atom is 0.268 e. The Balaban J connectivity index is 2.51. The van der Waals surface area contributed by atoms with Gasteiger partial charge >= 0.3 is 0 Å². The summed E-state index contributed by atoms with van der Waals surface area (Å²) in [5, 5.41) is 2.45. The Bertz CT molecular complexity index is 443. The minimum absolute atomic E-state index is 0.138. The van der Waals surface area contributed by atoms with Crippen molar-refractivity contribution in [1.82, 2.24) is 0 Å². The van der Waals surface area contributed by atoms with Gasteiger partial charge in [-0.05, 0) is 13.8 Å². The van der Waals surface area contributed by atoms with Crippen molar-refractivity contribution in [1.29, 1.82) is 0 Å². The fourth-order valence-corrected chi connectivity index (χ4v) is 1.30. The smallest absolute Gasteiger partial charge is 0.268 e. The van der Waals surface area contributed by atoms with Gasteiger partial charge in [0.05, 0.1) is 5.69 Å². The van der Waals surface area contributed by atoms with Crippen molar-refractivity contribution in [2.45, 2.75) is 19.4 Å². The van der Waals surface area contributed by atoms with Crippen molar-refractivity contribution in [2.75, 3.05) is 5.32 Å². The highest BCUT2D eigenvalue weighted by atomic mass is 19.2. The zero-order chi connectivity index (χ0) is 11.2. The summed E-state index contributed by atoms with van der Waals surface area (Å²) >= 11 is 0. The van der Waals surface area contributed by atoms with Crippen LogP contribution in [0.2, 0.25) is 0 Å². The lowest BCUT2D eigenvalue weighted by Crippen LogP contribution is -2.45. The van der Waals surface area contributed by atoms with Crippen LogP contribution in [0.1, 0.15) is 13.8 Å². The topological polar surface area (TPSA) is 38.3 Å². The molecular weight excluding hydrogens is 204 g/mol. The van der Waals surface area contributed by atoms with Crippen LogP contribution in [0.4, 0.5) is 14.5 Å². The van der Waals surface area contributed by atoms with Gasteiger partial charge < -0.3 is 10.1 Å². The number of nitrogens with one attached hydrogen (secondary N) is 1. The maximum absolute atomic E-state index is 12.9. The van der Waals surface area contributed by atoms with Crippen LogP contribution in [0.5, 0.6) is 5.75 Å². The Kier molecular flexibility index (Phi) is 1.92. The molecule has 1 aromatic rings. The van der Waals surface area contributed by atoms with Crippen LogP contribution in [0, 0.1) is 11.6 Å². The Labute approximate surface area is 85.0 Å². The molecule has 5 heteroatoms. The molecular formula is C10H9F2NO2. The predicted molar refractivity (Wildman–Crippen MR) is 49.7 cm³/mol. The summed E-state index contributed by atoms with van der Waals surface area (Å²) in [5.74, 6) is -2.27. The van der Waals surface area contributed by atoms with Crippen molar-refractivity contribution in [3.05, 3.63) is 23.8 Å². The first kappa shape index (κ1) is 9.89. The summed E-state index contributed by atoms with van der Waals surface area (Å²) in [6.45, 7) is 3.10. The summed E-state index contributed by atoms with van der Waals surface area (Å²) in [5.41, 5.74) is -0.921. The summed E-state index contributed by atoms with van der Waals surface area (Å²) in [4.78, 5) is 11.4. The fourth-order valence-electron chi connectivity index (χ4n) is 1.30. The zero-order valence-corrected chi connectivity index (χ0v) is 8.23. The van der Waals surface area contributed by atoms with Crippen molar-refractivity contribution in [3.8, 4) is 5.75 Å². The van der Waals surface area contributed by atoms with Gasteiger partial charge in [0.1, 0.15) is 5.75 Å². The summed E-state index contributed by atoms with van der Waals surface area (Å²) < 4.78 is 31.0. The number of amides is 1. The van der Waals surface area contributed by atoms with E-state index in [9.17, 15) is 13.6 Å². The number of anilines is 1. The van der Waals surface area contributed by atoms with E-state index in [1.54, 1.807) is 13.8 Å². The minimum Gasteiger partial charge on any atom is -0.476 e. The molecule has 3 nitrogen and oxygen atoms in total. The van der Waals surface area contributed by atoms with E-state index in [4.69, 9.17) is 4.74 Å². The SMILES string of the molecule is CC1(C)Oc2cc(F)c(F)cc2NC1=O. The lowest BCUT2D eigenvalue weighted by atomic mass is 10.1. The average molecular weight is 213 g/mol. The van der Waals surface area contributed by atoms with Gasteiger partial charge in [-0.25, -0.2) is 8.78 Å². The van der Waals surface area contributed by atoms with Crippen LogP contribution in [0.25, 0.3) is 0 Å². The van der Waals surface area contributed by atoms with Crippen molar-refractivity contribution >= 4 is 11.6 Å². The average Bonchev–Trinajstić information content (AvgIpc) is 2.11. The maximum atomic E-state index is 12.9. The first-order chi connectivity index (χ1) is 6.90. The number of ether oxygens (including phenoxy) is 1. The van der Waals surface area contributed by atoms with Crippen LogP contribution < -0.4 is 10.1 Å². The lowest BCUT2D eigenvalue weighted by Gasteiger charge is -2.31. The third-order valence-electron chi connectivity index (χ3n) is 2.18. The van der Waals surface area contributed by atoms with E-state index in [2.05, 4.69) is 5.32 Å². The molecule has 0 aliphatic carbocycles. The van der Waals surface area contributed by atoms with Gasteiger partial charge in [0.25, 0.3) is 5.91 Å². The largest absolute Gasteiger partial charge is 0.476 e. The number of benzene rings is 1. The Morgan fingerprint density at radius 2 is 1.87 bits per heavy atom. The van der Waals surface area contributed by atoms with Gasteiger partial charge in [0.15, 0.2) is 17.2 Å². The number of halogens is 2. The molecule has 0 fully saturated rings. The molecule has 0 bridgehead atoms. The van der Waals surface area contributed by atoms with E-state index in [0.29, 0.717) is 0 Å². The molecule has 1 amide bonds. The van der Waals surface area contributed by atoms with E-state index < -0.39 is 17.2 Å². The zero-order valence-electron chi connectivity index (χ0n) is 8.23. The monoisotopic (exact) mass is 213 g/mol. The number of hydrogen-bond acceptors (Lipinski definition) is 2. The highest BCUT2D eigenvalue weighted by Crippen LogP contribution is 2.34. The normalized spacial score (nSPS) is 17.7. The second-order valence-electron chi connectivity index (χ2n) is 3.83. The van der Waals surface area contributed by atoms with Gasteiger partial charge in [0, 0.05) is 12.1 Å². The minimum atomic E-state index is -1.07. The third-order valence-corrected chi connectivity index (χ3v) is 2.18. The molecule has 0 unspecified atom stereocenters. The van der Waals surface area contributed by atoms with Gasteiger partial charge in [-0.2, -0.15) is 0 Å². The van der Waals surface area contributed by atoms with Gasteiger partial charge in [0.2, 0.25) is 0 Å². The highest BCUT2D eigenvalue weighted by Gasteiger charge is 2.35. The molecule has 1 N–H and O–H groups in total. The Morgan fingerprint density at radius 1 is 1.27 bits per heavy atom. The molecule has 0 saturated heterocycles. The molecule has 2 rings (SSSR count). The van der Waals surface area contributed by atoms with E-state index in [-0.39, 0.29) is 17.3 Å². The predicted octanol–water partition coefficient (Wildman–Crippen LogP) is 2.07. The molecule has 0 radical (unpaired) electrons. The Hall–Kier alpha value is -1.65. The second kappa shape index (κ2) is 2.92. The standard InChI is InChI=1S/C10H9F2NO2/c1-10(2)9(14)13-7-3-5(11)6(12)4-8(7)15-10/h3-4H,1-2H3,(H,13,14). The molecule has 1 aliphatic rings.